The topological polar surface area (TPSA) is 177 Å². The highest BCUT2D eigenvalue weighted by Crippen LogP contribution is 2.63. The normalized spacial score (nSPS) is 10.7. The van der Waals surface area contributed by atoms with Crippen molar-refractivity contribution in [3.8, 4) is 103 Å². The third kappa shape index (κ3) is 8.19. The molecule has 0 fully saturated rings. The third-order valence-corrected chi connectivity index (χ3v) is 7.58. The van der Waals surface area contributed by atoms with Crippen molar-refractivity contribution in [2.24, 2.45) is 0 Å². The van der Waals surface area contributed by atoms with Crippen LogP contribution in [0.3, 0.4) is 0 Å². The third-order valence-electron chi connectivity index (χ3n) is 7.58. The number of aromatic hydroxyl groups is 6. The van der Waals surface area contributed by atoms with E-state index in [1.807, 2.05) is 0 Å². The standard InChI is InChI=1S/C42H30O12/c43-25-1-13-31(14-2-25)49-37-38(50-32-15-3-26(44)4-16-32)40(52-34-19-7-28(46)8-20-34)42(54-36-23-11-30(48)12-24-36)41(53-35-21-9-29(47)10-22-35)39(37)51-33-17-5-27(45)6-18-33/h1-24,43-48H. The van der Waals surface area contributed by atoms with Gasteiger partial charge in [0.05, 0.1) is 0 Å². The molecule has 0 aromatic heterocycles. The molecule has 12 heteroatoms. The minimum Gasteiger partial charge on any atom is -0.508 e. The van der Waals surface area contributed by atoms with Crippen LogP contribution in [0.15, 0.2) is 146 Å². The Balaban J connectivity index is 1.57. The van der Waals surface area contributed by atoms with E-state index in [1.165, 1.54) is 146 Å². The number of phenolic OH excluding ortho intramolecular Hbond substituents is 6. The van der Waals surface area contributed by atoms with Crippen LogP contribution in [0.5, 0.6) is 103 Å². The molecule has 12 nitrogen and oxygen atoms in total. The van der Waals surface area contributed by atoms with E-state index in [9.17, 15) is 30.6 Å². The molecule has 7 rings (SSSR count). The number of hydrogen-bond donors (Lipinski definition) is 6. The van der Waals surface area contributed by atoms with E-state index in [1.54, 1.807) is 0 Å². The molecule has 0 heterocycles. The average Bonchev–Trinajstić information content (AvgIpc) is 3.17. The number of ether oxygens (including phenoxy) is 6. The summed E-state index contributed by atoms with van der Waals surface area (Å²) in [5.74, 6) is 0.464. The van der Waals surface area contributed by atoms with Crippen molar-refractivity contribution in [1.29, 1.82) is 0 Å². The van der Waals surface area contributed by atoms with Crippen LogP contribution < -0.4 is 28.4 Å². The van der Waals surface area contributed by atoms with Crippen LogP contribution in [0.25, 0.3) is 0 Å². The Morgan fingerprint density at radius 2 is 0.296 bits per heavy atom. The lowest BCUT2D eigenvalue weighted by atomic mass is 10.2. The van der Waals surface area contributed by atoms with Crippen LogP contribution >= 0.6 is 0 Å². The summed E-state index contributed by atoms with van der Waals surface area (Å²) in [7, 11) is 0. The summed E-state index contributed by atoms with van der Waals surface area (Å²) in [6.45, 7) is 0. The SMILES string of the molecule is Oc1ccc(Oc2c(Oc3ccc(O)cc3)c(Oc3ccc(O)cc3)c(Oc3ccc(O)cc3)c(Oc3ccc(O)cc3)c2Oc2ccc(O)cc2)cc1. The molecule has 0 spiro atoms. The molecular formula is C42H30O12. The molecule has 7 aromatic carbocycles. The highest BCUT2D eigenvalue weighted by molar-refractivity contribution is 5.77. The van der Waals surface area contributed by atoms with Gasteiger partial charge in [0.2, 0.25) is 34.5 Å². The first-order valence-electron chi connectivity index (χ1n) is 16.2. The summed E-state index contributed by atoms with van der Waals surface area (Å²) in [4.78, 5) is 0. The monoisotopic (exact) mass is 726 g/mol. The fraction of sp³-hybridized carbons (Fsp3) is 0. The summed E-state index contributed by atoms with van der Waals surface area (Å²) >= 11 is 0. The molecule has 0 amide bonds. The molecule has 0 aliphatic heterocycles. The van der Waals surface area contributed by atoms with Gasteiger partial charge in [-0.3, -0.25) is 0 Å². The van der Waals surface area contributed by atoms with E-state index in [2.05, 4.69) is 0 Å². The highest BCUT2D eigenvalue weighted by Gasteiger charge is 2.35. The van der Waals surface area contributed by atoms with Gasteiger partial charge in [-0.15, -0.1) is 0 Å². The zero-order valence-corrected chi connectivity index (χ0v) is 28.0. The van der Waals surface area contributed by atoms with Gasteiger partial charge in [0.25, 0.3) is 0 Å². The van der Waals surface area contributed by atoms with Crippen molar-refractivity contribution >= 4 is 0 Å². The maximum Gasteiger partial charge on any atom is 0.220 e. The molecular weight excluding hydrogens is 696 g/mol. The highest BCUT2D eigenvalue weighted by atomic mass is 16.6. The Labute approximate surface area is 307 Å². The van der Waals surface area contributed by atoms with Crippen LogP contribution in [0.2, 0.25) is 0 Å². The second-order valence-corrected chi connectivity index (χ2v) is 11.6. The Hall–Kier alpha value is -7.86. The molecule has 0 aliphatic carbocycles. The number of benzene rings is 7. The summed E-state index contributed by atoms with van der Waals surface area (Å²) in [5.41, 5.74) is 0. The van der Waals surface area contributed by atoms with E-state index < -0.39 is 0 Å². The lowest BCUT2D eigenvalue weighted by molar-refractivity contribution is 0.326. The van der Waals surface area contributed by atoms with Gasteiger partial charge < -0.3 is 59.1 Å². The van der Waals surface area contributed by atoms with Gasteiger partial charge >= 0.3 is 0 Å². The predicted octanol–water partition coefficient (Wildman–Crippen LogP) is 10.7. The Morgan fingerprint density at radius 1 is 0.185 bits per heavy atom. The van der Waals surface area contributed by atoms with Crippen LogP contribution in [0.4, 0.5) is 0 Å². The van der Waals surface area contributed by atoms with Crippen molar-refractivity contribution in [2.75, 3.05) is 0 Å². The molecule has 0 unspecified atom stereocenters. The first kappa shape index (κ1) is 34.6. The van der Waals surface area contributed by atoms with E-state index in [-0.39, 0.29) is 103 Å². The first-order valence-corrected chi connectivity index (χ1v) is 16.2. The molecule has 0 saturated carbocycles. The molecule has 54 heavy (non-hydrogen) atoms. The molecule has 6 N–H and O–H groups in total. The zero-order chi connectivity index (χ0) is 37.6. The van der Waals surface area contributed by atoms with Crippen molar-refractivity contribution in [2.45, 2.75) is 0 Å². The summed E-state index contributed by atoms with van der Waals surface area (Å²) in [6.07, 6.45) is 0. The van der Waals surface area contributed by atoms with Crippen LogP contribution in [0.1, 0.15) is 0 Å². The lowest BCUT2D eigenvalue weighted by Gasteiger charge is -2.25. The second-order valence-electron chi connectivity index (χ2n) is 11.6. The van der Waals surface area contributed by atoms with Crippen molar-refractivity contribution in [3.63, 3.8) is 0 Å². The Kier molecular flexibility index (Phi) is 9.72. The van der Waals surface area contributed by atoms with Crippen LogP contribution in [0, 0.1) is 0 Å². The predicted molar refractivity (Wildman–Crippen MR) is 196 cm³/mol. The quantitative estimate of drug-likeness (QED) is 0.0703. The zero-order valence-electron chi connectivity index (χ0n) is 28.0. The van der Waals surface area contributed by atoms with Crippen molar-refractivity contribution < 1.29 is 59.1 Å². The van der Waals surface area contributed by atoms with Gasteiger partial charge in [-0.05, 0) is 146 Å². The van der Waals surface area contributed by atoms with Crippen LogP contribution in [-0.2, 0) is 0 Å². The van der Waals surface area contributed by atoms with Gasteiger partial charge in [0.15, 0.2) is 0 Å². The molecule has 0 saturated heterocycles. The Bertz CT molecular complexity index is 1880. The molecule has 7 aromatic rings. The summed E-state index contributed by atoms with van der Waals surface area (Å²) in [5, 5.41) is 60.4. The second kappa shape index (κ2) is 15.2. The van der Waals surface area contributed by atoms with Crippen molar-refractivity contribution in [1.82, 2.24) is 0 Å². The molecule has 0 radical (unpaired) electrons. The van der Waals surface area contributed by atoms with Crippen LogP contribution in [-0.4, -0.2) is 30.6 Å². The molecule has 0 atom stereocenters. The van der Waals surface area contributed by atoms with Gasteiger partial charge in [0.1, 0.15) is 69.0 Å². The fourth-order valence-electron chi connectivity index (χ4n) is 4.97. The molecule has 0 aliphatic rings. The first-order chi connectivity index (χ1) is 26.2. The van der Waals surface area contributed by atoms with Gasteiger partial charge in [-0.25, -0.2) is 0 Å². The maximum absolute atomic E-state index is 10.1. The Morgan fingerprint density at radius 3 is 0.407 bits per heavy atom. The van der Waals surface area contributed by atoms with E-state index in [0.29, 0.717) is 0 Å². The minimum absolute atomic E-state index is 0.0196. The minimum atomic E-state index is -0.123. The maximum atomic E-state index is 10.1. The van der Waals surface area contributed by atoms with E-state index in [4.69, 9.17) is 28.4 Å². The number of phenols is 6. The summed E-state index contributed by atoms with van der Waals surface area (Å²) < 4.78 is 39.1. The number of rotatable bonds is 12. The smallest absolute Gasteiger partial charge is 0.220 e. The fourth-order valence-corrected chi connectivity index (χ4v) is 4.97. The number of hydrogen-bond acceptors (Lipinski definition) is 12. The average molecular weight is 727 g/mol. The summed E-state index contributed by atoms with van der Waals surface area (Å²) in [6, 6.07) is 35.1. The van der Waals surface area contributed by atoms with Gasteiger partial charge in [-0.1, -0.05) is 0 Å². The molecule has 270 valence electrons. The largest absolute Gasteiger partial charge is 0.508 e. The molecule has 0 bridgehead atoms. The van der Waals surface area contributed by atoms with E-state index >= 15 is 0 Å². The van der Waals surface area contributed by atoms with Crippen molar-refractivity contribution in [3.05, 3.63) is 146 Å². The van der Waals surface area contributed by atoms with Gasteiger partial charge in [0, 0.05) is 0 Å². The van der Waals surface area contributed by atoms with Gasteiger partial charge in [-0.2, -0.15) is 0 Å². The van der Waals surface area contributed by atoms with E-state index in [0.717, 1.165) is 0 Å². The lowest BCUT2D eigenvalue weighted by Crippen LogP contribution is -2.03.